The second kappa shape index (κ2) is 3.22. The van der Waals surface area contributed by atoms with Gasteiger partial charge in [0.1, 0.15) is 5.82 Å². The Hall–Kier alpha value is -1.13. The van der Waals surface area contributed by atoms with Crippen molar-refractivity contribution in [3.63, 3.8) is 0 Å². The lowest BCUT2D eigenvalue weighted by Gasteiger charge is -2.28. The molecule has 0 atom stereocenters. The summed E-state index contributed by atoms with van der Waals surface area (Å²) in [6, 6.07) is 0.138. The predicted octanol–water partition coefficient (Wildman–Crippen LogP) is 2.22. The normalized spacial score (nSPS) is 22.4. The molecule has 1 fully saturated rings. The van der Waals surface area contributed by atoms with Gasteiger partial charge in [-0.05, 0) is 12.8 Å². The van der Waals surface area contributed by atoms with E-state index >= 15 is 0 Å². The van der Waals surface area contributed by atoms with E-state index in [1.165, 1.54) is 0 Å². The van der Waals surface area contributed by atoms with Gasteiger partial charge in [-0.1, -0.05) is 0 Å². The smallest absolute Gasteiger partial charge is 0.248 e. The minimum atomic E-state index is -2.47. The highest BCUT2D eigenvalue weighted by Crippen LogP contribution is 2.38. The zero-order valence-electron chi connectivity index (χ0n) is 7.79. The van der Waals surface area contributed by atoms with Gasteiger partial charge >= 0.3 is 0 Å². The van der Waals surface area contributed by atoms with Crippen LogP contribution in [-0.4, -0.2) is 15.5 Å². The van der Waals surface area contributed by atoms with Crippen LogP contribution in [0.25, 0.3) is 0 Å². The molecule has 1 aromatic rings. The SMILES string of the molecule is Nc1cn(C2CCC(F)(F)CC2)cn1. The lowest BCUT2D eigenvalue weighted by Crippen LogP contribution is -2.25. The van der Waals surface area contributed by atoms with Crippen molar-refractivity contribution in [3.8, 4) is 0 Å². The Balaban J connectivity index is 2.02. The molecule has 3 nitrogen and oxygen atoms in total. The Labute approximate surface area is 80.9 Å². The molecule has 1 saturated carbocycles. The van der Waals surface area contributed by atoms with E-state index in [1.807, 2.05) is 4.57 Å². The third-order valence-corrected chi connectivity index (χ3v) is 2.73. The summed E-state index contributed by atoms with van der Waals surface area (Å²) in [4.78, 5) is 3.88. The van der Waals surface area contributed by atoms with Crippen LogP contribution in [0.2, 0.25) is 0 Å². The first-order valence-corrected chi connectivity index (χ1v) is 4.74. The number of alkyl halides is 2. The molecule has 1 aliphatic rings. The van der Waals surface area contributed by atoms with Crippen LogP contribution in [-0.2, 0) is 0 Å². The van der Waals surface area contributed by atoms with Gasteiger partial charge in [-0.25, -0.2) is 13.8 Å². The van der Waals surface area contributed by atoms with Gasteiger partial charge in [0, 0.05) is 25.1 Å². The largest absolute Gasteiger partial charge is 0.382 e. The third-order valence-electron chi connectivity index (χ3n) is 2.73. The second-order valence-corrected chi connectivity index (χ2v) is 3.83. The summed E-state index contributed by atoms with van der Waals surface area (Å²) in [5.74, 6) is -2.02. The summed E-state index contributed by atoms with van der Waals surface area (Å²) < 4.78 is 27.5. The molecule has 78 valence electrons. The van der Waals surface area contributed by atoms with Crippen LogP contribution >= 0.6 is 0 Å². The average molecular weight is 201 g/mol. The van der Waals surface area contributed by atoms with Gasteiger partial charge in [0.2, 0.25) is 5.92 Å². The molecule has 1 aromatic heterocycles. The number of nitrogen functional groups attached to an aromatic ring is 1. The molecule has 1 aliphatic carbocycles. The van der Waals surface area contributed by atoms with Gasteiger partial charge < -0.3 is 10.3 Å². The van der Waals surface area contributed by atoms with Gasteiger partial charge in [-0.15, -0.1) is 0 Å². The molecule has 2 rings (SSSR count). The fourth-order valence-electron chi connectivity index (χ4n) is 1.88. The van der Waals surface area contributed by atoms with Gasteiger partial charge in [0.25, 0.3) is 0 Å². The van der Waals surface area contributed by atoms with E-state index < -0.39 is 5.92 Å². The van der Waals surface area contributed by atoms with E-state index in [-0.39, 0.29) is 18.9 Å². The topological polar surface area (TPSA) is 43.8 Å². The van der Waals surface area contributed by atoms with Crippen molar-refractivity contribution in [2.45, 2.75) is 37.6 Å². The van der Waals surface area contributed by atoms with Crippen LogP contribution in [0.4, 0.5) is 14.6 Å². The Kier molecular flexibility index (Phi) is 2.17. The quantitative estimate of drug-likeness (QED) is 0.757. The number of rotatable bonds is 1. The Bertz CT molecular complexity index is 312. The highest BCUT2D eigenvalue weighted by atomic mass is 19.3. The number of halogens is 2. The number of anilines is 1. The minimum Gasteiger partial charge on any atom is -0.382 e. The van der Waals surface area contributed by atoms with Gasteiger partial charge in [-0.3, -0.25) is 0 Å². The van der Waals surface area contributed by atoms with E-state index in [4.69, 9.17) is 5.73 Å². The lowest BCUT2D eigenvalue weighted by molar-refractivity contribution is -0.0439. The highest BCUT2D eigenvalue weighted by molar-refractivity contribution is 5.22. The molecule has 0 aliphatic heterocycles. The first kappa shape index (κ1) is 9.43. The minimum absolute atomic E-state index is 0.0320. The van der Waals surface area contributed by atoms with Gasteiger partial charge in [-0.2, -0.15) is 0 Å². The number of aromatic nitrogens is 2. The Morgan fingerprint density at radius 3 is 2.57 bits per heavy atom. The molecule has 0 unspecified atom stereocenters. The van der Waals surface area contributed by atoms with Crippen LogP contribution in [0, 0.1) is 0 Å². The monoisotopic (exact) mass is 201 g/mol. The second-order valence-electron chi connectivity index (χ2n) is 3.83. The molecule has 0 amide bonds. The van der Waals surface area contributed by atoms with Crippen molar-refractivity contribution in [2.75, 3.05) is 5.73 Å². The number of nitrogens with two attached hydrogens (primary N) is 1. The number of hydrogen-bond acceptors (Lipinski definition) is 2. The molecule has 0 bridgehead atoms. The first-order chi connectivity index (χ1) is 6.57. The summed E-state index contributed by atoms with van der Waals surface area (Å²) in [6.45, 7) is 0. The maximum Gasteiger partial charge on any atom is 0.248 e. The van der Waals surface area contributed by atoms with Crippen LogP contribution < -0.4 is 5.73 Å². The van der Waals surface area contributed by atoms with E-state index in [2.05, 4.69) is 4.98 Å². The van der Waals surface area contributed by atoms with Gasteiger partial charge in [0.05, 0.1) is 6.33 Å². The summed E-state index contributed by atoms with van der Waals surface area (Å²) >= 11 is 0. The molecular formula is C9H13F2N3. The average Bonchev–Trinajstić information content (AvgIpc) is 2.52. The molecule has 0 radical (unpaired) electrons. The maximum absolute atomic E-state index is 12.8. The van der Waals surface area contributed by atoms with E-state index in [1.54, 1.807) is 12.5 Å². The number of hydrogen-bond donors (Lipinski definition) is 1. The number of nitrogens with zero attached hydrogens (tertiary/aromatic N) is 2. The molecule has 14 heavy (non-hydrogen) atoms. The highest BCUT2D eigenvalue weighted by Gasteiger charge is 2.35. The van der Waals surface area contributed by atoms with Crippen molar-refractivity contribution in [1.29, 1.82) is 0 Å². The van der Waals surface area contributed by atoms with Crippen molar-refractivity contribution in [1.82, 2.24) is 9.55 Å². The molecule has 0 aromatic carbocycles. The fraction of sp³-hybridized carbons (Fsp3) is 0.667. The summed E-state index contributed by atoms with van der Waals surface area (Å²) in [6.07, 6.45) is 4.26. The van der Waals surface area contributed by atoms with Crippen LogP contribution in [0.3, 0.4) is 0 Å². The molecule has 1 heterocycles. The summed E-state index contributed by atoms with van der Waals surface area (Å²) in [5.41, 5.74) is 5.46. The summed E-state index contributed by atoms with van der Waals surface area (Å²) in [5, 5.41) is 0. The molecular weight excluding hydrogens is 188 g/mol. The predicted molar refractivity (Wildman–Crippen MR) is 49.1 cm³/mol. The Morgan fingerprint density at radius 2 is 2.07 bits per heavy atom. The van der Waals surface area contributed by atoms with Crippen molar-refractivity contribution in [3.05, 3.63) is 12.5 Å². The van der Waals surface area contributed by atoms with Crippen LogP contribution in [0.15, 0.2) is 12.5 Å². The van der Waals surface area contributed by atoms with Crippen LogP contribution in [0.1, 0.15) is 31.7 Å². The van der Waals surface area contributed by atoms with E-state index in [0.717, 1.165) is 0 Å². The lowest BCUT2D eigenvalue weighted by atomic mass is 9.92. The van der Waals surface area contributed by atoms with Gasteiger partial charge in [0.15, 0.2) is 0 Å². The zero-order valence-corrected chi connectivity index (χ0v) is 7.79. The van der Waals surface area contributed by atoms with Crippen molar-refractivity contribution >= 4 is 5.82 Å². The molecule has 0 spiro atoms. The van der Waals surface area contributed by atoms with E-state index in [9.17, 15) is 8.78 Å². The zero-order chi connectivity index (χ0) is 10.2. The molecule has 0 saturated heterocycles. The maximum atomic E-state index is 12.8. The van der Waals surface area contributed by atoms with Crippen LogP contribution in [0.5, 0.6) is 0 Å². The number of imidazole rings is 1. The fourth-order valence-corrected chi connectivity index (χ4v) is 1.88. The first-order valence-electron chi connectivity index (χ1n) is 4.74. The molecule has 2 N–H and O–H groups in total. The van der Waals surface area contributed by atoms with E-state index in [0.29, 0.717) is 18.7 Å². The third kappa shape index (κ3) is 1.86. The van der Waals surface area contributed by atoms with Crippen molar-refractivity contribution < 1.29 is 8.78 Å². The van der Waals surface area contributed by atoms with Crippen molar-refractivity contribution in [2.24, 2.45) is 0 Å². The Morgan fingerprint density at radius 1 is 1.43 bits per heavy atom. The molecule has 5 heteroatoms. The summed E-state index contributed by atoms with van der Waals surface area (Å²) in [7, 11) is 0. The standard InChI is InChI=1S/C9H13F2N3/c10-9(11)3-1-7(2-4-9)14-5-8(12)13-6-14/h5-7H,1-4,12H2.